The second-order valence-corrected chi connectivity index (χ2v) is 6.48. The number of carbonyl (C=O) groups is 2. The van der Waals surface area contributed by atoms with Gasteiger partial charge in [0.25, 0.3) is 0 Å². The molecule has 1 aromatic rings. The van der Waals surface area contributed by atoms with Gasteiger partial charge in [-0.3, -0.25) is 10.2 Å². The molecule has 0 heterocycles. The molecule has 2 rings (SSSR count). The summed E-state index contributed by atoms with van der Waals surface area (Å²) in [6.45, 7) is 1.17. The lowest BCUT2D eigenvalue weighted by Gasteiger charge is -2.24. The molecule has 8 nitrogen and oxygen atoms in total. The Morgan fingerprint density at radius 1 is 1.28 bits per heavy atom. The van der Waals surface area contributed by atoms with E-state index < -0.39 is 18.1 Å². The summed E-state index contributed by atoms with van der Waals surface area (Å²) in [4.78, 5) is 19.7. The topological polar surface area (TPSA) is 146 Å². The standard InChI is InChI=1S/C16H23N3O3.C2HF3O2/c17-16(18)19-6-1-7-22-14-5-4-12-3-2-11(9-15(20)21)8-13(12)10-14;3-2(4,5)1(6)7/h4-5,10-11H,1-3,6-9H2,(H,20,21)(H4,17,18,19);(H,6,7). The zero-order chi connectivity index (χ0) is 22.0. The highest BCUT2D eigenvalue weighted by molar-refractivity contribution is 5.74. The second-order valence-electron chi connectivity index (χ2n) is 6.48. The number of benzene rings is 1. The third-order valence-electron chi connectivity index (χ3n) is 4.12. The minimum Gasteiger partial charge on any atom is -0.494 e. The van der Waals surface area contributed by atoms with Crippen molar-refractivity contribution in [2.45, 2.75) is 38.3 Å². The molecule has 0 aromatic heterocycles. The van der Waals surface area contributed by atoms with E-state index in [1.54, 1.807) is 0 Å². The summed E-state index contributed by atoms with van der Waals surface area (Å²) in [6.07, 6.45) is -1.39. The van der Waals surface area contributed by atoms with E-state index in [2.05, 4.69) is 11.4 Å². The Hall–Kier alpha value is -2.98. The minimum absolute atomic E-state index is 0.0294. The van der Waals surface area contributed by atoms with Crippen LogP contribution in [0.3, 0.4) is 0 Å². The Kier molecular flexibility index (Phi) is 9.23. The third-order valence-corrected chi connectivity index (χ3v) is 4.12. The Labute approximate surface area is 165 Å². The molecule has 1 aliphatic carbocycles. The van der Waals surface area contributed by atoms with Crippen LogP contribution in [0.15, 0.2) is 18.2 Å². The first kappa shape index (κ1) is 24.1. The van der Waals surface area contributed by atoms with Gasteiger partial charge in [-0.15, -0.1) is 0 Å². The molecule has 29 heavy (non-hydrogen) atoms. The van der Waals surface area contributed by atoms with Crippen molar-refractivity contribution < 1.29 is 37.7 Å². The average molecular weight is 419 g/mol. The maximum Gasteiger partial charge on any atom is 0.490 e. The number of alkyl halides is 3. The molecule has 0 saturated heterocycles. The first-order valence-corrected chi connectivity index (χ1v) is 8.83. The van der Waals surface area contributed by atoms with Gasteiger partial charge in [0, 0.05) is 13.0 Å². The molecule has 1 aliphatic rings. The molecule has 0 radical (unpaired) electrons. The van der Waals surface area contributed by atoms with Crippen LogP contribution in [0, 0.1) is 11.3 Å². The van der Waals surface area contributed by atoms with Crippen LogP contribution in [0.4, 0.5) is 13.2 Å². The first-order chi connectivity index (χ1) is 13.5. The normalized spacial score (nSPS) is 15.3. The fourth-order valence-electron chi connectivity index (χ4n) is 2.81. The summed E-state index contributed by atoms with van der Waals surface area (Å²) in [5, 5.41) is 25.8. The fourth-order valence-corrected chi connectivity index (χ4v) is 2.81. The van der Waals surface area contributed by atoms with E-state index in [0.29, 0.717) is 13.2 Å². The highest BCUT2D eigenvalue weighted by Gasteiger charge is 2.38. The van der Waals surface area contributed by atoms with Crippen molar-refractivity contribution in [1.29, 1.82) is 5.41 Å². The van der Waals surface area contributed by atoms with E-state index in [4.69, 9.17) is 30.9 Å². The molecule has 11 heteroatoms. The number of nitrogens with two attached hydrogens (primary N) is 1. The second kappa shape index (κ2) is 11.1. The number of guanidine groups is 1. The van der Waals surface area contributed by atoms with Gasteiger partial charge in [-0.2, -0.15) is 13.2 Å². The van der Waals surface area contributed by atoms with Crippen LogP contribution >= 0.6 is 0 Å². The number of ether oxygens (including phenoxy) is 1. The number of hydrogen-bond donors (Lipinski definition) is 5. The highest BCUT2D eigenvalue weighted by atomic mass is 19.4. The van der Waals surface area contributed by atoms with Crippen LogP contribution < -0.4 is 15.8 Å². The maximum atomic E-state index is 10.8. The molecule has 0 aliphatic heterocycles. The monoisotopic (exact) mass is 419 g/mol. The van der Waals surface area contributed by atoms with Gasteiger partial charge in [0.05, 0.1) is 6.61 Å². The minimum atomic E-state index is -5.08. The molecule has 0 amide bonds. The Morgan fingerprint density at radius 3 is 2.48 bits per heavy atom. The van der Waals surface area contributed by atoms with Crippen LogP contribution in [0.1, 0.15) is 30.4 Å². The molecule has 0 bridgehead atoms. The molecule has 0 fully saturated rings. The third kappa shape index (κ3) is 9.67. The van der Waals surface area contributed by atoms with Gasteiger partial charge < -0.3 is 26.0 Å². The van der Waals surface area contributed by atoms with E-state index in [-0.39, 0.29) is 18.3 Å². The number of fused-ring (bicyclic) bond motifs is 1. The number of aliphatic carboxylic acids is 2. The lowest BCUT2D eigenvalue weighted by Crippen LogP contribution is -2.31. The van der Waals surface area contributed by atoms with Gasteiger partial charge in [0.2, 0.25) is 0 Å². The van der Waals surface area contributed by atoms with Crippen LogP contribution in [-0.2, 0) is 22.4 Å². The van der Waals surface area contributed by atoms with Gasteiger partial charge in [0.1, 0.15) is 5.75 Å². The highest BCUT2D eigenvalue weighted by Crippen LogP contribution is 2.30. The number of carboxylic acid groups (broad SMARTS) is 2. The van der Waals surface area contributed by atoms with Gasteiger partial charge in [-0.1, -0.05) is 6.07 Å². The van der Waals surface area contributed by atoms with Gasteiger partial charge in [-0.25, -0.2) is 4.79 Å². The van der Waals surface area contributed by atoms with Gasteiger partial charge in [-0.05, 0) is 54.9 Å². The van der Waals surface area contributed by atoms with E-state index in [9.17, 15) is 18.0 Å². The van der Waals surface area contributed by atoms with Crippen LogP contribution in [0.5, 0.6) is 5.75 Å². The number of nitrogens with one attached hydrogen (secondary N) is 2. The molecule has 162 valence electrons. The van der Waals surface area contributed by atoms with Crippen molar-refractivity contribution in [3.63, 3.8) is 0 Å². The van der Waals surface area contributed by atoms with Crippen molar-refractivity contribution in [2.24, 2.45) is 11.7 Å². The van der Waals surface area contributed by atoms with Gasteiger partial charge in [0.15, 0.2) is 5.96 Å². The molecular weight excluding hydrogens is 395 g/mol. The van der Waals surface area contributed by atoms with Gasteiger partial charge >= 0.3 is 18.1 Å². The molecular formula is C18H24F3N3O5. The van der Waals surface area contributed by atoms with Crippen molar-refractivity contribution in [1.82, 2.24) is 5.32 Å². The summed E-state index contributed by atoms with van der Waals surface area (Å²) in [5.74, 6) is -2.47. The summed E-state index contributed by atoms with van der Waals surface area (Å²) in [5.41, 5.74) is 7.70. The predicted molar refractivity (Wildman–Crippen MR) is 97.9 cm³/mol. The summed E-state index contributed by atoms with van der Waals surface area (Å²) in [6, 6.07) is 6.08. The molecule has 1 aromatic carbocycles. The van der Waals surface area contributed by atoms with Crippen molar-refractivity contribution in [3.05, 3.63) is 29.3 Å². The molecule has 0 spiro atoms. The lowest BCUT2D eigenvalue weighted by atomic mass is 9.82. The average Bonchev–Trinajstić information content (AvgIpc) is 2.60. The SMILES string of the molecule is N=C(N)NCCCOc1ccc2c(c1)CC(CC(=O)O)CC2.O=C(O)C(F)(F)F. The smallest absolute Gasteiger partial charge is 0.490 e. The van der Waals surface area contributed by atoms with Crippen LogP contribution in [0.2, 0.25) is 0 Å². The molecule has 1 unspecified atom stereocenters. The van der Waals surface area contributed by atoms with Crippen molar-refractivity contribution in [2.75, 3.05) is 13.2 Å². The predicted octanol–water partition coefficient (Wildman–Crippen LogP) is 2.15. The summed E-state index contributed by atoms with van der Waals surface area (Å²) >= 11 is 0. The lowest BCUT2D eigenvalue weighted by molar-refractivity contribution is -0.192. The molecule has 1 atom stereocenters. The zero-order valence-corrected chi connectivity index (χ0v) is 15.6. The van der Waals surface area contributed by atoms with Crippen molar-refractivity contribution in [3.8, 4) is 5.75 Å². The summed E-state index contributed by atoms with van der Waals surface area (Å²) < 4.78 is 37.4. The first-order valence-electron chi connectivity index (χ1n) is 8.83. The number of aryl methyl sites for hydroxylation is 1. The molecule has 6 N–H and O–H groups in total. The van der Waals surface area contributed by atoms with Crippen molar-refractivity contribution >= 4 is 17.9 Å². The Morgan fingerprint density at radius 2 is 1.93 bits per heavy atom. The number of rotatable bonds is 7. The van der Waals surface area contributed by atoms with Crippen LogP contribution in [0.25, 0.3) is 0 Å². The Balaban J connectivity index is 0.000000516. The number of carboxylic acids is 2. The van der Waals surface area contributed by atoms with Crippen LogP contribution in [-0.4, -0.2) is 47.4 Å². The largest absolute Gasteiger partial charge is 0.494 e. The summed E-state index contributed by atoms with van der Waals surface area (Å²) in [7, 11) is 0. The molecule has 0 saturated carbocycles. The fraction of sp³-hybridized carbons (Fsp3) is 0.500. The number of halogens is 3. The van der Waals surface area contributed by atoms with E-state index in [0.717, 1.165) is 31.4 Å². The quantitative estimate of drug-likeness (QED) is 0.259. The maximum absolute atomic E-state index is 10.8. The Bertz CT molecular complexity index is 725. The van der Waals surface area contributed by atoms with E-state index >= 15 is 0 Å². The zero-order valence-electron chi connectivity index (χ0n) is 15.6. The number of hydrogen-bond acceptors (Lipinski definition) is 4. The van der Waals surface area contributed by atoms with E-state index in [1.165, 1.54) is 11.1 Å². The van der Waals surface area contributed by atoms with E-state index in [1.807, 2.05) is 12.1 Å².